The summed E-state index contributed by atoms with van der Waals surface area (Å²) >= 11 is 1.24. The summed E-state index contributed by atoms with van der Waals surface area (Å²) in [5.74, 6) is -1.45. The first-order chi connectivity index (χ1) is 13.5. The van der Waals surface area contributed by atoms with Crippen LogP contribution in [0.1, 0.15) is 31.1 Å². The number of methoxy groups -OCH3 is 1. The Labute approximate surface area is 164 Å². The van der Waals surface area contributed by atoms with Gasteiger partial charge in [0, 0.05) is 0 Å². The van der Waals surface area contributed by atoms with E-state index in [1.165, 1.54) is 55.3 Å². The van der Waals surface area contributed by atoms with Crippen molar-refractivity contribution in [1.29, 1.82) is 5.26 Å². The highest BCUT2D eigenvalue weighted by Gasteiger charge is 2.36. The van der Waals surface area contributed by atoms with Crippen LogP contribution in [-0.2, 0) is 4.74 Å². The summed E-state index contributed by atoms with van der Waals surface area (Å²) < 4.78 is 4.64. The van der Waals surface area contributed by atoms with E-state index in [9.17, 15) is 14.4 Å². The molecule has 28 heavy (non-hydrogen) atoms. The van der Waals surface area contributed by atoms with Crippen LogP contribution in [0.25, 0.3) is 0 Å². The number of nitrogens with one attached hydrogen (secondary N) is 1. The molecular weight excluding hydrogens is 380 g/mol. The van der Waals surface area contributed by atoms with Gasteiger partial charge in [-0.2, -0.15) is 5.26 Å². The molecule has 3 rings (SSSR count). The van der Waals surface area contributed by atoms with Crippen LogP contribution in [0.2, 0.25) is 0 Å². The van der Waals surface area contributed by atoms with Gasteiger partial charge < -0.3 is 4.74 Å². The second-order valence-electron chi connectivity index (χ2n) is 5.57. The van der Waals surface area contributed by atoms with Crippen LogP contribution >= 0.6 is 11.8 Å². The molecule has 0 radical (unpaired) electrons. The van der Waals surface area contributed by atoms with Gasteiger partial charge in [0.1, 0.15) is 0 Å². The van der Waals surface area contributed by atoms with Crippen molar-refractivity contribution >= 4 is 46.1 Å². The number of amidine groups is 1. The highest BCUT2D eigenvalue weighted by atomic mass is 32.2. The molecule has 0 saturated carbocycles. The lowest BCUT2D eigenvalue weighted by Gasteiger charge is -2.14. The van der Waals surface area contributed by atoms with E-state index in [2.05, 4.69) is 15.0 Å². The highest BCUT2D eigenvalue weighted by molar-refractivity contribution is 8.13. The van der Waals surface area contributed by atoms with Crippen molar-refractivity contribution in [3.63, 3.8) is 0 Å². The first-order valence-corrected chi connectivity index (χ1v) is 9.21. The van der Waals surface area contributed by atoms with Gasteiger partial charge in [-0.15, -0.1) is 0 Å². The van der Waals surface area contributed by atoms with Crippen molar-refractivity contribution in [2.24, 2.45) is 4.99 Å². The number of amides is 2. The Bertz CT molecular complexity index is 1040. The minimum atomic E-state index is -0.507. The fourth-order valence-electron chi connectivity index (χ4n) is 2.69. The molecule has 2 amide bonds. The lowest BCUT2D eigenvalue weighted by Crippen LogP contribution is -2.29. The van der Waals surface area contributed by atoms with Gasteiger partial charge >= 0.3 is 5.97 Å². The molecule has 1 heterocycles. The van der Waals surface area contributed by atoms with Gasteiger partial charge in [0.05, 0.1) is 35.2 Å². The Kier molecular flexibility index (Phi) is 5.42. The molecule has 0 aliphatic carbocycles. The van der Waals surface area contributed by atoms with Gasteiger partial charge in [0.2, 0.25) is 0 Å². The topological polar surface area (TPSA) is 112 Å². The van der Waals surface area contributed by atoms with Crippen LogP contribution in [0.4, 0.5) is 11.4 Å². The third kappa shape index (κ3) is 3.45. The zero-order valence-corrected chi connectivity index (χ0v) is 15.7. The normalized spacial score (nSPS) is 13.2. The quantitative estimate of drug-likeness (QED) is 0.213. The standard InChI is InChI=1S/C19H14N4O4S/c1-27-18(26)11-3-6-13(7-4-11)23-16(24)14-8-5-12(9-15(14)17(23)25)22-19(28-2)21-10-20/h3-9H,1-2H3,(H,21,22). The monoisotopic (exact) mass is 394 g/mol. The Morgan fingerprint density at radius 1 is 1.14 bits per heavy atom. The summed E-state index contributed by atoms with van der Waals surface area (Å²) in [5.41, 5.74) is 1.59. The Morgan fingerprint density at radius 2 is 1.82 bits per heavy atom. The molecule has 9 heteroatoms. The Hall–Kier alpha value is -3.64. The predicted octanol–water partition coefficient (Wildman–Crippen LogP) is 2.69. The number of esters is 1. The highest BCUT2D eigenvalue weighted by Crippen LogP contribution is 2.31. The van der Waals surface area contributed by atoms with Crippen molar-refractivity contribution in [3.8, 4) is 6.19 Å². The average molecular weight is 394 g/mol. The summed E-state index contributed by atoms with van der Waals surface area (Å²) in [6, 6.07) is 10.6. The zero-order chi connectivity index (χ0) is 20.3. The second-order valence-corrected chi connectivity index (χ2v) is 6.37. The minimum absolute atomic E-state index is 0.223. The van der Waals surface area contributed by atoms with E-state index in [1.807, 2.05) is 0 Å². The predicted molar refractivity (Wildman–Crippen MR) is 105 cm³/mol. The molecule has 2 aromatic carbocycles. The number of carbonyl (C=O) groups is 3. The largest absolute Gasteiger partial charge is 0.465 e. The maximum absolute atomic E-state index is 12.8. The number of fused-ring (bicyclic) bond motifs is 1. The molecule has 1 aliphatic rings. The fraction of sp³-hybridized carbons (Fsp3) is 0.105. The Morgan fingerprint density at radius 3 is 2.43 bits per heavy atom. The van der Waals surface area contributed by atoms with Crippen molar-refractivity contribution in [2.45, 2.75) is 0 Å². The van der Waals surface area contributed by atoms with E-state index in [1.54, 1.807) is 18.5 Å². The van der Waals surface area contributed by atoms with E-state index < -0.39 is 17.8 Å². The van der Waals surface area contributed by atoms with Crippen molar-refractivity contribution in [1.82, 2.24) is 5.32 Å². The number of nitriles is 1. The molecule has 0 spiro atoms. The van der Waals surface area contributed by atoms with Crippen LogP contribution in [0, 0.1) is 11.5 Å². The van der Waals surface area contributed by atoms with E-state index in [4.69, 9.17) is 5.26 Å². The van der Waals surface area contributed by atoms with Crippen LogP contribution in [0.15, 0.2) is 47.5 Å². The van der Waals surface area contributed by atoms with Crippen LogP contribution < -0.4 is 10.2 Å². The van der Waals surface area contributed by atoms with Crippen molar-refractivity contribution in [2.75, 3.05) is 18.3 Å². The summed E-state index contributed by atoms with van der Waals surface area (Å²) in [6.07, 6.45) is 3.54. The molecule has 2 aromatic rings. The number of ether oxygens (including phenoxy) is 1. The van der Waals surface area contributed by atoms with Gasteiger partial charge in [-0.1, -0.05) is 11.8 Å². The SMILES string of the molecule is COC(=O)c1ccc(N2C(=O)c3ccc(N=C(NC#N)SC)cc3C2=O)cc1. The number of rotatable bonds is 3. The van der Waals surface area contributed by atoms with Crippen molar-refractivity contribution < 1.29 is 19.1 Å². The van der Waals surface area contributed by atoms with E-state index >= 15 is 0 Å². The molecular formula is C19H14N4O4S. The number of anilines is 1. The van der Waals surface area contributed by atoms with Crippen LogP contribution in [0.3, 0.4) is 0 Å². The number of benzene rings is 2. The van der Waals surface area contributed by atoms with Crippen LogP contribution in [0.5, 0.6) is 0 Å². The summed E-state index contributed by atoms with van der Waals surface area (Å²) in [5, 5.41) is 11.5. The summed E-state index contributed by atoms with van der Waals surface area (Å²) in [6.45, 7) is 0. The molecule has 0 fully saturated rings. The molecule has 0 saturated heterocycles. The van der Waals surface area contributed by atoms with E-state index in [0.29, 0.717) is 22.1 Å². The maximum atomic E-state index is 12.8. The third-order valence-corrected chi connectivity index (χ3v) is 4.58. The first kappa shape index (κ1) is 19.1. The number of hydrogen-bond acceptors (Lipinski definition) is 7. The molecule has 1 aliphatic heterocycles. The number of aliphatic imine (C=N–C) groups is 1. The minimum Gasteiger partial charge on any atom is -0.465 e. The number of imide groups is 1. The van der Waals surface area contributed by atoms with E-state index in [0.717, 1.165) is 4.90 Å². The maximum Gasteiger partial charge on any atom is 0.337 e. The molecule has 1 N–H and O–H groups in total. The lowest BCUT2D eigenvalue weighted by molar-refractivity contribution is 0.0600. The first-order valence-electron chi connectivity index (χ1n) is 7.99. The van der Waals surface area contributed by atoms with Gasteiger partial charge in [-0.05, 0) is 48.7 Å². The molecule has 0 atom stereocenters. The second kappa shape index (κ2) is 7.94. The number of thioether (sulfide) groups is 1. The fourth-order valence-corrected chi connectivity index (χ4v) is 3.03. The van der Waals surface area contributed by atoms with E-state index in [-0.39, 0.29) is 11.1 Å². The molecule has 0 bridgehead atoms. The smallest absolute Gasteiger partial charge is 0.337 e. The summed E-state index contributed by atoms with van der Waals surface area (Å²) in [4.78, 5) is 42.3. The van der Waals surface area contributed by atoms with Gasteiger partial charge in [0.15, 0.2) is 11.4 Å². The molecule has 0 aromatic heterocycles. The third-order valence-electron chi connectivity index (χ3n) is 4.00. The number of nitrogens with zero attached hydrogens (tertiary/aromatic N) is 3. The number of hydrogen-bond donors (Lipinski definition) is 1. The zero-order valence-electron chi connectivity index (χ0n) is 14.9. The average Bonchev–Trinajstić information content (AvgIpc) is 2.97. The van der Waals surface area contributed by atoms with Gasteiger partial charge in [-0.25, -0.2) is 14.7 Å². The van der Waals surface area contributed by atoms with Gasteiger partial charge in [0.25, 0.3) is 11.8 Å². The summed E-state index contributed by atoms with van der Waals surface area (Å²) in [7, 11) is 1.27. The molecule has 8 nitrogen and oxygen atoms in total. The lowest BCUT2D eigenvalue weighted by atomic mass is 10.1. The van der Waals surface area contributed by atoms with Crippen molar-refractivity contribution in [3.05, 3.63) is 59.2 Å². The number of carbonyl (C=O) groups excluding carboxylic acids is 3. The van der Waals surface area contributed by atoms with Crippen LogP contribution in [-0.4, -0.2) is 36.3 Å². The molecule has 0 unspecified atom stereocenters. The van der Waals surface area contributed by atoms with Gasteiger partial charge in [-0.3, -0.25) is 14.9 Å². The Balaban J connectivity index is 1.93. The molecule has 140 valence electrons.